The van der Waals surface area contributed by atoms with Crippen LogP contribution in [0.25, 0.3) is 0 Å². The molecule has 0 bridgehead atoms. The van der Waals surface area contributed by atoms with Crippen LogP contribution in [-0.2, 0) is 17.8 Å². The van der Waals surface area contributed by atoms with Crippen molar-refractivity contribution in [3.63, 3.8) is 0 Å². The van der Waals surface area contributed by atoms with Crippen molar-refractivity contribution in [2.24, 2.45) is 0 Å². The van der Waals surface area contributed by atoms with E-state index in [0.29, 0.717) is 18.0 Å². The minimum atomic E-state index is -0.794. The Bertz CT molecular complexity index is 997. The molecule has 1 aromatic carbocycles. The van der Waals surface area contributed by atoms with Crippen LogP contribution in [0.1, 0.15) is 15.9 Å². The van der Waals surface area contributed by atoms with Crippen molar-refractivity contribution in [3.05, 3.63) is 50.2 Å². The lowest BCUT2D eigenvalue weighted by Crippen LogP contribution is -2.39. The molecule has 0 spiro atoms. The number of H-pyrrole nitrogens is 1. The zero-order valence-electron chi connectivity index (χ0n) is 15.7. The maximum Gasteiger partial charge on any atom is 0.330 e. The fourth-order valence-corrected chi connectivity index (χ4v) is 2.99. The van der Waals surface area contributed by atoms with Gasteiger partial charge in [0.2, 0.25) is 6.79 Å². The lowest BCUT2D eigenvalue weighted by Gasteiger charge is -2.17. The van der Waals surface area contributed by atoms with Gasteiger partial charge in [0.25, 0.3) is 5.56 Å². The fraction of sp³-hybridized carbons (Fsp3) is 0.389. The Balaban J connectivity index is 1.75. The molecule has 1 aliphatic rings. The van der Waals surface area contributed by atoms with E-state index in [-0.39, 0.29) is 37.9 Å². The number of nitrogens with zero attached hydrogens (tertiary/aromatic N) is 2. The Morgan fingerprint density at radius 3 is 2.82 bits per heavy atom. The number of fused-ring (bicyclic) bond motifs is 1. The van der Waals surface area contributed by atoms with Gasteiger partial charge in [0, 0.05) is 13.7 Å². The molecule has 1 aromatic heterocycles. The summed E-state index contributed by atoms with van der Waals surface area (Å²) in [4.78, 5) is 40.6. The summed E-state index contributed by atoms with van der Waals surface area (Å²) >= 11 is 0. The molecule has 0 aliphatic carbocycles. The van der Waals surface area contributed by atoms with E-state index < -0.39 is 17.0 Å². The first-order valence-electron chi connectivity index (χ1n) is 8.62. The van der Waals surface area contributed by atoms with Crippen LogP contribution in [0.4, 0.5) is 5.82 Å². The third-order valence-electron chi connectivity index (χ3n) is 4.34. The number of benzene rings is 1. The summed E-state index contributed by atoms with van der Waals surface area (Å²) < 4.78 is 16.7. The van der Waals surface area contributed by atoms with Gasteiger partial charge in [-0.15, -0.1) is 0 Å². The van der Waals surface area contributed by atoms with Gasteiger partial charge in [-0.3, -0.25) is 24.0 Å². The van der Waals surface area contributed by atoms with Crippen molar-refractivity contribution in [2.75, 3.05) is 39.8 Å². The van der Waals surface area contributed by atoms with Gasteiger partial charge in [-0.05, 0) is 24.7 Å². The lowest BCUT2D eigenvalue weighted by atomic mass is 10.1. The molecule has 150 valence electrons. The molecule has 28 heavy (non-hydrogen) atoms. The highest BCUT2D eigenvalue weighted by molar-refractivity contribution is 6.01. The van der Waals surface area contributed by atoms with Crippen molar-refractivity contribution in [3.8, 4) is 11.5 Å². The fourth-order valence-electron chi connectivity index (χ4n) is 2.99. The number of rotatable bonds is 8. The molecular formula is C18H22N4O6. The minimum Gasteiger partial charge on any atom is -0.454 e. The van der Waals surface area contributed by atoms with Crippen LogP contribution in [0.3, 0.4) is 0 Å². The second kappa shape index (κ2) is 8.28. The molecule has 2 aromatic rings. The average molecular weight is 390 g/mol. The molecule has 10 heteroatoms. The number of methoxy groups -OCH3 is 1. The van der Waals surface area contributed by atoms with Crippen LogP contribution in [-0.4, -0.2) is 54.3 Å². The van der Waals surface area contributed by atoms with E-state index in [1.807, 2.05) is 18.2 Å². The third-order valence-corrected chi connectivity index (χ3v) is 4.34. The van der Waals surface area contributed by atoms with Crippen LogP contribution >= 0.6 is 0 Å². The van der Waals surface area contributed by atoms with Gasteiger partial charge in [-0.25, -0.2) is 4.79 Å². The van der Waals surface area contributed by atoms with Gasteiger partial charge in [0.15, 0.2) is 17.3 Å². The van der Waals surface area contributed by atoms with Crippen LogP contribution < -0.4 is 26.5 Å². The van der Waals surface area contributed by atoms with Gasteiger partial charge in [0.05, 0.1) is 19.7 Å². The van der Waals surface area contributed by atoms with Crippen LogP contribution in [0.15, 0.2) is 27.8 Å². The second-order valence-electron chi connectivity index (χ2n) is 6.45. The number of ether oxygens (including phenoxy) is 3. The van der Waals surface area contributed by atoms with E-state index in [2.05, 4.69) is 4.98 Å². The Morgan fingerprint density at radius 2 is 2.07 bits per heavy atom. The summed E-state index contributed by atoms with van der Waals surface area (Å²) in [5.41, 5.74) is 5.16. The number of likely N-dealkylation sites (N-methyl/N-ethyl adjacent to an activating group) is 1. The zero-order chi connectivity index (χ0) is 20.3. The summed E-state index contributed by atoms with van der Waals surface area (Å²) in [6.45, 7) is 0.931. The first-order chi connectivity index (χ1) is 13.4. The molecule has 2 heterocycles. The molecule has 10 nitrogen and oxygen atoms in total. The van der Waals surface area contributed by atoms with Crippen molar-refractivity contribution in [1.82, 2.24) is 14.5 Å². The molecule has 3 N–H and O–H groups in total. The van der Waals surface area contributed by atoms with Gasteiger partial charge >= 0.3 is 5.69 Å². The average Bonchev–Trinajstić information content (AvgIpc) is 3.08. The number of hydrogen-bond donors (Lipinski definition) is 2. The minimum absolute atomic E-state index is 0.0514. The molecule has 0 atom stereocenters. The number of hydrogen-bond acceptors (Lipinski definition) is 8. The quantitative estimate of drug-likeness (QED) is 0.594. The molecule has 0 amide bonds. The first-order valence-corrected chi connectivity index (χ1v) is 8.62. The number of nitrogens with two attached hydrogens (primary N) is 1. The second-order valence-corrected chi connectivity index (χ2v) is 6.45. The topological polar surface area (TPSA) is 129 Å². The van der Waals surface area contributed by atoms with Crippen molar-refractivity contribution >= 4 is 11.6 Å². The van der Waals surface area contributed by atoms with E-state index in [1.165, 1.54) is 7.11 Å². The van der Waals surface area contributed by atoms with E-state index in [1.54, 1.807) is 11.9 Å². The Labute approximate surface area is 160 Å². The lowest BCUT2D eigenvalue weighted by molar-refractivity contribution is 0.0941. The molecular weight excluding hydrogens is 368 g/mol. The number of aromatic amines is 1. The van der Waals surface area contributed by atoms with E-state index >= 15 is 0 Å². The van der Waals surface area contributed by atoms with Gasteiger partial charge in [-0.2, -0.15) is 0 Å². The number of carbonyl (C=O) groups excluding carboxylic acids is 1. The highest BCUT2D eigenvalue weighted by atomic mass is 16.7. The van der Waals surface area contributed by atoms with E-state index in [4.69, 9.17) is 19.9 Å². The highest BCUT2D eigenvalue weighted by Crippen LogP contribution is 2.32. The Kier molecular flexibility index (Phi) is 5.81. The smallest absolute Gasteiger partial charge is 0.330 e. The molecule has 0 saturated heterocycles. The first kappa shape index (κ1) is 19.6. The molecule has 0 saturated carbocycles. The molecule has 0 radical (unpaired) electrons. The maximum absolute atomic E-state index is 12.7. The predicted molar refractivity (Wildman–Crippen MR) is 101 cm³/mol. The number of carbonyl (C=O) groups is 1. The Hall–Kier alpha value is -3.11. The molecule has 1 aliphatic heterocycles. The standard InChI is InChI=1S/C18H22N4O6/c1-21(8-11-3-4-13-14(7-11)28-10-27-13)9-12(23)15-16(19)22(5-6-26-2)18(25)20-17(15)24/h3-4,7H,5-6,8-10,19H2,1-2H3,(H,20,24,25). The summed E-state index contributed by atoms with van der Waals surface area (Å²) in [6, 6.07) is 5.53. The van der Waals surface area contributed by atoms with Crippen LogP contribution in [0.5, 0.6) is 11.5 Å². The van der Waals surface area contributed by atoms with E-state index in [9.17, 15) is 14.4 Å². The maximum atomic E-state index is 12.7. The zero-order valence-corrected chi connectivity index (χ0v) is 15.7. The monoisotopic (exact) mass is 390 g/mol. The number of anilines is 1. The van der Waals surface area contributed by atoms with Gasteiger partial charge in [-0.1, -0.05) is 6.07 Å². The Morgan fingerprint density at radius 1 is 1.32 bits per heavy atom. The molecule has 0 unspecified atom stereocenters. The largest absolute Gasteiger partial charge is 0.454 e. The predicted octanol–water partition coefficient (Wildman–Crippen LogP) is -0.191. The van der Waals surface area contributed by atoms with Crippen LogP contribution in [0, 0.1) is 0 Å². The number of aromatic nitrogens is 2. The van der Waals surface area contributed by atoms with Crippen molar-refractivity contribution in [1.29, 1.82) is 0 Å². The summed E-state index contributed by atoms with van der Waals surface area (Å²) in [6.07, 6.45) is 0. The summed E-state index contributed by atoms with van der Waals surface area (Å²) in [5, 5.41) is 0. The van der Waals surface area contributed by atoms with Crippen molar-refractivity contribution < 1.29 is 19.0 Å². The van der Waals surface area contributed by atoms with Gasteiger partial charge in [0.1, 0.15) is 11.4 Å². The SMILES string of the molecule is COCCn1c(N)c(C(=O)CN(C)Cc2ccc3c(c2)OCO3)c(=O)[nH]c1=O. The number of nitrogens with one attached hydrogen (secondary N) is 1. The number of Topliss-reactive ketones (excluding diaryl/α,β-unsaturated/α-hetero) is 1. The molecule has 0 fully saturated rings. The molecule has 3 rings (SSSR count). The van der Waals surface area contributed by atoms with Gasteiger partial charge < -0.3 is 19.9 Å². The number of ketones is 1. The number of nitrogen functional groups attached to an aromatic ring is 1. The summed E-state index contributed by atoms with van der Waals surface area (Å²) in [5.74, 6) is 0.698. The third kappa shape index (κ3) is 4.07. The van der Waals surface area contributed by atoms with Crippen LogP contribution in [0.2, 0.25) is 0 Å². The van der Waals surface area contributed by atoms with Crippen molar-refractivity contribution in [2.45, 2.75) is 13.1 Å². The van der Waals surface area contributed by atoms with E-state index in [0.717, 1.165) is 10.1 Å². The normalized spacial score (nSPS) is 12.5. The highest BCUT2D eigenvalue weighted by Gasteiger charge is 2.21. The summed E-state index contributed by atoms with van der Waals surface area (Å²) in [7, 11) is 3.22.